The summed E-state index contributed by atoms with van der Waals surface area (Å²) >= 11 is 0. The third-order valence-electron chi connectivity index (χ3n) is 4.95. The average molecular weight is 303 g/mol. The monoisotopic (exact) mass is 303 g/mol. The number of Topliss-reactive ketones (excluding diaryl/α,β-unsaturated/α-hetero) is 1. The lowest BCUT2D eigenvalue weighted by Crippen LogP contribution is -2.36. The predicted molar refractivity (Wildman–Crippen MR) is 82.0 cm³/mol. The highest BCUT2D eigenvalue weighted by Crippen LogP contribution is 2.28. The number of hydrogen-bond acceptors (Lipinski definition) is 2. The van der Waals surface area contributed by atoms with Crippen LogP contribution in [0.3, 0.4) is 0 Å². The van der Waals surface area contributed by atoms with Crippen LogP contribution in [-0.2, 0) is 4.79 Å². The second kappa shape index (κ2) is 6.59. The molecule has 1 aromatic carbocycles. The van der Waals surface area contributed by atoms with E-state index in [4.69, 9.17) is 0 Å². The smallest absolute Gasteiger partial charge is 0.225 e. The molecule has 1 aliphatic heterocycles. The maximum absolute atomic E-state index is 12.9. The van der Waals surface area contributed by atoms with Crippen LogP contribution < -0.4 is 0 Å². The minimum Gasteiger partial charge on any atom is -0.342 e. The summed E-state index contributed by atoms with van der Waals surface area (Å²) in [6, 6.07) is 5.69. The Morgan fingerprint density at radius 2 is 1.64 bits per heavy atom. The Morgan fingerprint density at radius 1 is 0.955 bits per heavy atom. The van der Waals surface area contributed by atoms with E-state index in [2.05, 4.69) is 0 Å². The van der Waals surface area contributed by atoms with E-state index >= 15 is 0 Å². The van der Waals surface area contributed by atoms with Gasteiger partial charge in [0.1, 0.15) is 5.82 Å². The highest BCUT2D eigenvalue weighted by molar-refractivity contribution is 5.98. The van der Waals surface area contributed by atoms with Gasteiger partial charge in [-0.25, -0.2) is 4.39 Å². The fourth-order valence-electron chi connectivity index (χ4n) is 3.63. The largest absolute Gasteiger partial charge is 0.342 e. The van der Waals surface area contributed by atoms with Crippen molar-refractivity contribution in [3.05, 3.63) is 35.6 Å². The molecule has 0 radical (unpaired) electrons. The highest BCUT2D eigenvalue weighted by Gasteiger charge is 2.34. The van der Waals surface area contributed by atoms with Crippen LogP contribution in [0.4, 0.5) is 4.39 Å². The maximum Gasteiger partial charge on any atom is 0.225 e. The SMILES string of the molecule is O=C(c1ccc(F)cc1)[C@H]1CCN(C(=O)C2CCCCC2)C1. The number of benzene rings is 1. The van der Waals surface area contributed by atoms with Crippen LogP contribution in [-0.4, -0.2) is 29.7 Å². The second-order valence-corrected chi connectivity index (χ2v) is 6.48. The zero-order valence-corrected chi connectivity index (χ0v) is 12.8. The van der Waals surface area contributed by atoms with E-state index in [-0.39, 0.29) is 29.3 Å². The molecule has 0 aromatic heterocycles. The van der Waals surface area contributed by atoms with Gasteiger partial charge in [-0.3, -0.25) is 9.59 Å². The molecule has 1 aromatic rings. The van der Waals surface area contributed by atoms with Gasteiger partial charge in [0.2, 0.25) is 5.91 Å². The van der Waals surface area contributed by atoms with Crippen LogP contribution in [0.2, 0.25) is 0 Å². The number of hydrogen-bond donors (Lipinski definition) is 0. The first-order chi connectivity index (χ1) is 10.6. The lowest BCUT2D eigenvalue weighted by Gasteiger charge is -2.26. The summed E-state index contributed by atoms with van der Waals surface area (Å²) in [6.07, 6.45) is 6.21. The molecule has 1 amide bonds. The summed E-state index contributed by atoms with van der Waals surface area (Å²) in [7, 11) is 0. The van der Waals surface area contributed by atoms with Gasteiger partial charge in [-0.15, -0.1) is 0 Å². The number of nitrogens with zero attached hydrogens (tertiary/aromatic N) is 1. The number of halogens is 1. The predicted octanol–water partition coefficient (Wildman–Crippen LogP) is 3.44. The van der Waals surface area contributed by atoms with Crippen molar-refractivity contribution in [3.63, 3.8) is 0 Å². The summed E-state index contributed by atoms with van der Waals surface area (Å²) in [5.41, 5.74) is 0.540. The lowest BCUT2D eigenvalue weighted by atomic mass is 9.88. The lowest BCUT2D eigenvalue weighted by molar-refractivity contribution is -0.135. The van der Waals surface area contributed by atoms with Crippen molar-refractivity contribution in [1.82, 2.24) is 4.90 Å². The molecule has 3 rings (SSSR count). The van der Waals surface area contributed by atoms with E-state index in [9.17, 15) is 14.0 Å². The first-order valence-corrected chi connectivity index (χ1v) is 8.24. The molecule has 4 heteroatoms. The van der Waals surface area contributed by atoms with E-state index in [0.717, 1.165) is 25.7 Å². The van der Waals surface area contributed by atoms with Crippen LogP contribution in [0.5, 0.6) is 0 Å². The molecule has 1 atom stereocenters. The Hall–Kier alpha value is -1.71. The van der Waals surface area contributed by atoms with Crippen LogP contribution >= 0.6 is 0 Å². The molecule has 3 nitrogen and oxygen atoms in total. The number of carbonyl (C=O) groups is 2. The van der Waals surface area contributed by atoms with Gasteiger partial charge in [0.05, 0.1) is 0 Å². The van der Waals surface area contributed by atoms with Crippen LogP contribution in [0.25, 0.3) is 0 Å². The molecular weight excluding hydrogens is 281 g/mol. The van der Waals surface area contributed by atoms with Crippen LogP contribution in [0.15, 0.2) is 24.3 Å². The van der Waals surface area contributed by atoms with E-state index < -0.39 is 0 Å². The molecular formula is C18H22FNO2. The highest BCUT2D eigenvalue weighted by atomic mass is 19.1. The van der Waals surface area contributed by atoms with Gasteiger partial charge in [-0.1, -0.05) is 19.3 Å². The average Bonchev–Trinajstić information content (AvgIpc) is 3.05. The first kappa shape index (κ1) is 15.2. The van der Waals surface area contributed by atoms with Gasteiger partial charge in [-0.2, -0.15) is 0 Å². The molecule has 0 N–H and O–H groups in total. The fourth-order valence-corrected chi connectivity index (χ4v) is 3.63. The van der Waals surface area contributed by atoms with Crippen molar-refractivity contribution in [2.75, 3.05) is 13.1 Å². The Morgan fingerprint density at radius 3 is 2.32 bits per heavy atom. The van der Waals surface area contributed by atoms with Crippen molar-refractivity contribution in [2.45, 2.75) is 38.5 Å². The van der Waals surface area contributed by atoms with Crippen molar-refractivity contribution >= 4 is 11.7 Å². The van der Waals surface area contributed by atoms with Crippen LogP contribution in [0.1, 0.15) is 48.9 Å². The number of rotatable bonds is 3. The van der Waals surface area contributed by atoms with Gasteiger partial charge < -0.3 is 4.90 Å². The molecule has 22 heavy (non-hydrogen) atoms. The molecule has 0 spiro atoms. The topological polar surface area (TPSA) is 37.4 Å². The summed E-state index contributed by atoms with van der Waals surface area (Å²) in [4.78, 5) is 26.8. The van der Waals surface area contributed by atoms with E-state index in [1.54, 1.807) is 0 Å². The van der Waals surface area contributed by atoms with Gasteiger partial charge in [0.15, 0.2) is 5.78 Å². The summed E-state index contributed by atoms with van der Waals surface area (Å²) in [6.45, 7) is 1.19. The molecule has 118 valence electrons. The van der Waals surface area contributed by atoms with Crippen molar-refractivity contribution in [2.24, 2.45) is 11.8 Å². The van der Waals surface area contributed by atoms with Crippen molar-refractivity contribution in [3.8, 4) is 0 Å². The zero-order valence-electron chi connectivity index (χ0n) is 12.8. The normalized spacial score (nSPS) is 22.8. The standard InChI is InChI=1S/C18H22FNO2/c19-16-8-6-13(7-9-16)17(21)15-10-11-20(12-15)18(22)14-4-2-1-3-5-14/h6-9,14-15H,1-5,10-12H2/t15-/m0/s1. The van der Waals surface area contributed by atoms with Crippen LogP contribution in [0, 0.1) is 17.7 Å². The summed E-state index contributed by atoms with van der Waals surface area (Å²) in [5, 5.41) is 0. The summed E-state index contributed by atoms with van der Waals surface area (Å²) < 4.78 is 12.9. The third kappa shape index (κ3) is 3.21. The molecule has 1 saturated heterocycles. The first-order valence-electron chi connectivity index (χ1n) is 8.24. The quantitative estimate of drug-likeness (QED) is 0.802. The molecule has 2 fully saturated rings. The van der Waals surface area contributed by atoms with Gasteiger partial charge in [0.25, 0.3) is 0 Å². The number of ketones is 1. The Labute approximate surface area is 130 Å². The zero-order chi connectivity index (χ0) is 15.5. The minimum atomic E-state index is -0.336. The molecule has 0 bridgehead atoms. The summed E-state index contributed by atoms with van der Waals surface area (Å²) in [5.74, 6) is -0.0588. The Kier molecular flexibility index (Phi) is 4.55. The number of likely N-dealkylation sites (tertiary alicyclic amines) is 1. The van der Waals surface area contributed by atoms with Gasteiger partial charge in [-0.05, 0) is 43.5 Å². The second-order valence-electron chi connectivity index (χ2n) is 6.48. The van der Waals surface area contributed by atoms with E-state index in [0.29, 0.717) is 25.1 Å². The van der Waals surface area contributed by atoms with Crippen molar-refractivity contribution < 1.29 is 14.0 Å². The Balaban J connectivity index is 1.60. The number of amides is 1. The number of carbonyl (C=O) groups excluding carboxylic acids is 2. The molecule has 2 aliphatic rings. The molecule has 1 saturated carbocycles. The van der Waals surface area contributed by atoms with E-state index in [1.807, 2.05) is 4.90 Å². The fraction of sp³-hybridized carbons (Fsp3) is 0.556. The molecule has 1 aliphatic carbocycles. The van der Waals surface area contributed by atoms with E-state index in [1.165, 1.54) is 30.7 Å². The Bertz CT molecular complexity index is 549. The molecule has 0 unspecified atom stereocenters. The van der Waals surface area contributed by atoms with Gasteiger partial charge in [0, 0.05) is 30.5 Å². The molecule has 1 heterocycles. The maximum atomic E-state index is 12.9. The van der Waals surface area contributed by atoms with Crippen molar-refractivity contribution in [1.29, 1.82) is 0 Å². The minimum absolute atomic E-state index is 0.0268. The van der Waals surface area contributed by atoms with Gasteiger partial charge >= 0.3 is 0 Å². The third-order valence-corrected chi connectivity index (χ3v) is 4.95.